The normalized spacial score (nSPS) is 12.1. The highest BCUT2D eigenvalue weighted by Crippen LogP contribution is 2.23. The Labute approximate surface area is 152 Å². The minimum absolute atomic E-state index is 0.130. The van der Waals surface area contributed by atoms with Gasteiger partial charge in [0.1, 0.15) is 5.75 Å². The first-order valence-electron chi connectivity index (χ1n) is 8.30. The van der Waals surface area contributed by atoms with Crippen LogP contribution in [-0.4, -0.2) is 23.5 Å². The Morgan fingerprint density at radius 3 is 2.88 bits per heavy atom. The van der Waals surface area contributed by atoms with Crippen LogP contribution < -0.4 is 10.1 Å². The zero-order valence-corrected chi connectivity index (χ0v) is 15.1. The first-order valence-corrected chi connectivity index (χ1v) is 8.68. The van der Waals surface area contributed by atoms with Crippen molar-refractivity contribution in [3.63, 3.8) is 0 Å². The lowest BCUT2D eigenvalue weighted by Crippen LogP contribution is -2.37. The Bertz CT molecular complexity index is 888. The first kappa shape index (κ1) is 17.4. The lowest BCUT2D eigenvalue weighted by Gasteiger charge is -2.16. The van der Waals surface area contributed by atoms with Gasteiger partial charge in [-0.15, -0.1) is 0 Å². The summed E-state index contributed by atoms with van der Waals surface area (Å²) in [5.74, 6) is 0.540. The highest BCUT2D eigenvalue weighted by Gasteiger charge is 2.15. The maximum absolute atomic E-state index is 12.2. The molecule has 4 nitrogen and oxygen atoms in total. The van der Waals surface area contributed by atoms with E-state index in [0.29, 0.717) is 17.3 Å². The van der Waals surface area contributed by atoms with E-state index in [1.54, 1.807) is 19.1 Å². The lowest BCUT2D eigenvalue weighted by molar-refractivity contribution is -0.127. The van der Waals surface area contributed by atoms with Crippen molar-refractivity contribution in [2.45, 2.75) is 26.4 Å². The fraction of sp³-hybridized carbons (Fsp3) is 0.250. The Hall–Kier alpha value is -2.46. The Kier molecular flexibility index (Phi) is 5.29. The van der Waals surface area contributed by atoms with Gasteiger partial charge in [0, 0.05) is 28.7 Å². The van der Waals surface area contributed by atoms with Gasteiger partial charge in [-0.3, -0.25) is 4.79 Å². The van der Waals surface area contributed by atoms with Crippen LogP contribution in [0.25, 0.3) is 10.9 Å². The van der Waals surface area contributed by atoms with E-state index in [9.17, 15) is 4.79 Å². The van der Waals surface area contributed by atoms with E-state index in [2.05, 4.69) is 16.4 Å². The number of nitrogens with one attached hydrogen (secondary N) is 2. The molecule has 0 unspecified atom stereocenters. The summed E-state index contributed by atoms with van der Waals surface area (Å²) in [4.78, 5) is 15.5. The van der Waals surface area contributed by atoms with Crippen LogP contribution in [0.5, 0.6) is 5.75 Å². The number of aromatic nitrogens is 1. The zero-order chi connectivity index (χ0) is 17.8. The van der Waals surface area contributed by atoms with Gasteiger partial charge in [0.15, 0.2) is 6.10 Å². The summed E-state index contributed by atoms with van der Waals surface area (Å²) < 4.78 is 5.74. The minimum atomic E-state index is -0.567. The molecule has 130 valence electrons. The van der Waals surface area contributed by atoms with Crippen LogP contribution in [0.15, 0.2) is 48.7 Å². The minimum Gasteiger partial charge on any atom is -0.481 e. The SMILES string of the molecule is Cc1cc(Cl)ccc1O[C@@H](C)C(=O)NCCc1c[nH]c2ccccc12. The van der Waals surface area contributed by atoms with Crippen LogP contribution >= 0.6 is 11.6 Å². The quantitative estimate of drug-likeness (QED) is 0.693. The largest absolute Gasteiger partial charge is 0.481 e. The van der Waals surface area contributed by atoms with E-state index in [0.717, 1.165) is 17.5 Å². The topological polar surface area (TPSA) is 54.1 Å². The third-order valence-electron chi connectivity index (χ3n) is 4.18. The van der Waals surface area contributed by atoms with Crippen molar-refractivity contribution in [3.8, 4) is 5.75 Å². The Morgan fingerprint density at radius 2 is 2.08 bits per heavy atom. The van der Waals surface area contributed by atoms with Crippen molar-refractivity contribution in [1.29, 1.82) is 0 Å². The molecule has 0 aliphatic rings. The zero-order valence-electron chi connectivity index (χ0n) is 14.3. The molecule has 1 atom stereocenters. The predicted octanol–water partition coefficient (Wildman–Crippen LogP) is 4.26. The maximum atomic E-state index is 12.2. The van der Waals surface area contributed by atoms with Crippen molar-refractivity contribution in [1.82, 2.24) is 10.3 Å². The molecule has 1 amide bonds. The van der Waals surface area contributed by atoms with E-state index in [1.807, 2.05) is 37.4 Å². The second kappa shape index (κ2) is 7.62. The van der Waals surface area contributed by atoms with Gasteiger partial charge in [-0.2, -0.15) is 0 Å². The van der Waals surface area contributed by atoms with E-state index in [1.165, 1.54) is 10.9 Å². The lowest BCUT2D eigenvalue weighted by atomic mass is 10.1. The van der Waals surface area contributed by atoms with Crippen molar-refractivity contribution in [2.75, 3.05) is 6.54 Å². The van der Waals surface area contributed by atoms with Gasteiger partial charge in [-0.1, -0.05) is 29.8 Å². The van der Waals surface area contributed by atoms with Gasteiger partial charge in [0.05, 0.1) is 0 Å². The number of carbonyl (C=O) groups is 1. The number of amides is 1. The number of benzene rings is 2. The predicted molar refractivity (Wildman–Crippen MR) is 101 cm³/mol. The third kappa shape index (κ3) is 4.15. The van der Waals surface area contributed by atoms with Gasteiger partial charge < -0.3 is 15.0 Å². The summed E-state index contributed by atoms with van der Waals surface area (Å²) in [6.07, 6.45) is 2.19. The van der Waals surface area contributed by atoms with Gasteiger partial charge in [0.25, 0.3) is 5.91 Å². The summed E-state index contributed by atoms with van der Waals surface area (Å²) in [6, 6.07) is 13.5. The second-order valence-electron chi connectivity index (χ2n) is 6.07. The van der Waals surface area contributed by atoms with Crippen LogP contribution in [-0.2, 0) is 11.2 Å². The molecule has 0 aliphatic heterocycles. The average Bonchev–Trinajstić information content (AvgIpc) is 3.00. The summed E-state index contributed by atoms with van der Waals surface area (Å²) in [5.41, 5.74) is 3.21. The molecule has 0 aliphatic carbocycles. The van der Waals surface area contributed by atoms with Gasteiger partial charge >= 0.3 is 0 Å². The Balaban J connectivity index is 1.53. The summed E-state index contributed by atoms with van der Waals surface area (Å²) in [6.45, 7) is 4.21. The molecule has 0 bridgehead atoms. The number of carbonyl (C=O) groups excluding carboxylic acids is 1. The second-order valence-corrected chi connectivity index (χ2v) is 6.51. The molecular formula is C20H21ClN2O2. The number of H-pyrrole nitrogens is 1. The number of aromatic amines is 1. The molecule has 3 rings (SSSR count). The molecule has 0 fully saturated rings. The van der Waals surface area contributed by atoms with Crippen LogP contribution in [0.2, 0.25) is 5.02 Å². The number of hydrogen-bond acceptors (Lipinski definition) is 2. The summed E-state index contributed by atoms with van der Waals surface area (Å²) >= 11 is 5.94. The highest BCUT2D eigenvalue weighted by molar-refractivity contribution is 6.30. The number of ether oxygens (including phenoxy) is 1. The molecule has 0 saturated carbocycles. The first-order chi connectivity index (χ1) is 12.0. The molecule has 3 aromatic rings. The highest BCUT2D eigenvalue weighted by atomic mass is 35.5. The fourth-order valence-corrected chi connectivity index (χ4v) is 3.02. The molecule has 1 aromatic heterocycles. The van der Waals surface area contributed by atoms with Crippen LogP contribution in [0.1, 0.15) is 18.1 Å². The van der Waals surface area contributed by atoms with E-state index in [4.69, 9.17) is 16.3 Å². The van der Waals surface area contributed by atoms with Crippen molar-refractivity contribution in [3.05, 3.63) is 64.8 Å². The van der Waals surface area contributed by atoms with Crippen molar-refractivity contribution in [2.24, 2.45) is 0 Å². The molecule has 2 N–H and O–H groups in total. The van der Waals surface area contributed by atoms with E-state index < -0.39 is 6.10 Å². The number of para-hydroxylation sites is 1. The molecular weight excluding hydrogens is 336 g/mol. The number of hydrogen-bond donors (Lipinski definition) is 2. The van der Waals surface area contributed by atoms with Gasteiger partial charge in [-0.25, -0.2) is 0 Å². The number of rotatable bonds is 6. The molecule has 0 radical (unpaired) electrons. The van der Waals surface area contributed by atoms with E-state index >= 15 is 0 Å². The molecule has 5 heteroatoms. The van der Waals surface area contributed by atoms with Crippen LogP contribution in [0.3, 0.4) is 0 Å². The number of halogens is 1. The standard InChI is InChI=1S/C20H21ClN2O2/c1-13-11-16(21)7-8-19(13)25-14(2)20(24)22-10-9-15-12-23-18-6-4-3-5-17(15)18/h3-8,11-12,14,23H,9-10H2,1-2H3,(H,22,24)/t14-/m0/s1. The van der Waals surface area contributed by atoms with Gasteiger partial charge in [0.2, 0.25) is 0 Å². The molecule has 2 aromatic carbocycles. The monoisotopic (exact) mass is 356 g/mol. The van der Waals surface area contributed by atoms with Crippen LogP contribution in [0, 0.1) is 6.92 Å². The van der Waals surface area contributed by atoms with Gasteiger partial charge in [-0.05, 0) is 55.7 Å². The third-order valence-corrected chi connectivity index (χ3v) is 4.41. The summed E-state index contributed by atoms with van der Waals surface area (Å²) in [7, 11) is 0. The fourth-order valence-electron chi connectivity index (χ4n) is 2.79. The average molecular weight is 357 g/mol. The molecule has 0 spiro atoms. The molecule has 1 heterocycles. The Morgan fingerprint density at radius 1 is 1.28 bits per heavy atom. The van der Waals surface area contributed by atoms with Crippen molar-refractivity contribution < 1.29 is 9.53 Å². The maximum Gasteiger partial charge on any atom is 0.260 e. The number of aryl methyl sites for hydroxylation is 1. The smallest absolute Gasteiger partial charge is 0.260 e. The molecule has 25 heavy (non-hydrogen) atoms. The van der Waals surface area contributed by atoms with Crippen LogP contribution in [0.4, 0.5) is 0 Å². The van der Waals surface area contributed by atoms with Crippen molar-refractivity contribution >= 4 is 28.4 Å². The number of fused-ring (bicyclic) bond motifs is 1. The van der Waals surface area contributed by atoms with E-state index in [-0.39, 0.29) is 5.91 Å². The molecule has 0 saturated heterocycles. The summed E-state index contributed by atoms with van der Waals surface area (Å²) in [5, 5.41) is 4.78.